The molecule has 3 aliphatic rings. The highest BCUT2D eigenvalue weighted by atomic mass is 15.2. The summed E-state index contributed by atoms with van der Waals surface area (Å²) in [5.74, 6) is 0. The van der Waals surface area contributed by atoms with Crippen molar-refractivity contribution in [3.05, 3.63) is 173 Å². The predicted molar refractivity (Wildman–Crippen MR) is 199 cm³/mol. The van der Waals surface area contributed by atoms with Crippen LogP contribution in [-0.4, -0.2) is 6.04 Å². The van der Waals surface area contributed by atoms with Crippen LogP contribution in [-0.2, 0) is 17.3 Å². The fraction of sp³-hybridized carbons (Fsp3) is 0.174. The van der Waals surface area contributed by atoms with E-state index in [2.05, 4.69) is 178 Å². The lowest BCUT2D eigenvalue weighted by Gasteiger charge is -2.36. The van der Waals surface area contributed by atoms with Crippen LogP contribution in [0.4, 0.5) is 11.4 Å². The summed E-state index contributed by atoms with van der Waals surface area (Å²) in [7, 11) is 0. The lowest BCUT2D eigenvalue weighted by atomic mass is 9.80. The summed E-state index contributed by atoms with van der Waals surface area (Å²) in [4.78, 5) is 2.58. The zero-order valence-corrected chi connectivity index (χ0v) is 27.6. The lowest BCUT2D eigenvalue weighted by Crippen LogP contribution is -2.33. The number of hydrogen-bond donors (Lipinski definition) is 0. The highest BCUT2D eigenvalue weighted by Gasteiger charge is 2.39. The number of anilines is 2. The fourth-order valence-electron chi connectivity index (χ4n) is 8.75. The average molecular weight is 606 g/mol. The van der Waals surface area contributed by atoms with E-state index < -0.39 is 0 Å². The first kappa shape index (κ1) is 28.1. The molecule has 0 saturated carbocycles. The molecule has 0 N–H and O–H groups in total. The third kappa shape index (κ3) is 4.16. The van der Waals surface area contributed by atoms with Gasteiger partial charge in [0.25, 0.3) is 0 Å². The van der Waals surface area contributed by atoms with Gasteiger partial charge in [-0.1, -0.05) is 149 Å². The van der Waals surface area contributed by atoms with Gasteiger partial charge in [0.2, 0.25) is 0 Å². The second-order valence-electron chi connectivity index (χ2n) is 14.5. The molecule has 3 aliphatic carbocycles. The molecule has 1 heteroatoms. The normalized spacial score (nSPS) is 17.3. The van der Waals surface area contributed by atoms with Gasteiger partial charge in [0.05, 0.1) is 6.04 Å². The van der Waals surface area contributed by atoms with E-state index in [1.54, 1.807) is 0 Å². The molecule has 47 heavy (non-hydrogen) atoms. The number of rotatable bonds is 4. The molecule has 0 radical (unpaired) electrons. The summed E-state index contributed by atoms with van der Waals surface area (Å²) >= 11 is 0. The van der Waals surface area contributed by atoms with Gasteiger partial charge in [0, 0.05) is 22.2 Å². The molecule has 0 aliphatic heterocycles. The molecule has 9 rings (SSSR count). The summed E-state index contributed by atoms with van der Waals surface area (Å²) in [6.45, 7) is 9.51. The van der Waals surface area contributed by atoms with Gasteiger partial charge in [0.1, 0.15) is 0 Å². The number of nitrogens with zero attached hydrogens (tertiary/aromatic N) is 1. The number of fused-ring (bicyclic) bond motifs is 8. The van der Waals surface area contributed by atoms with Crippen LogP contribution < -0.4 is 4.90 Å². The van der Waals surface area contributed by atoms with E-state index in [1.165, 1.54) is 78.1 Å². The Bertz CT molecular complexity index is 2220. The van der Waals surface area contributed by atoms with E-state index in [9.17, 15) is 0 Å². The Kier molecular flexibility index (Phi) is 6.09. The Hall–Kier alpha value is -5.14. The molecule has 1 nitrogen and oxygen atoms in total. The van der Waals surface area contributed by atoms with Crippen molar-refractivity contribution < 1.29 is 0 Å². The molecule has 1 atom stereocenters. The highest BCUT2D eigenvalue weighted by molar-refractivity contribution is 5.87. The van der Waals surface area contributed by atoms with Crippen LogP contribution in [0.2, 0.25) is 0 Å². The fourth-order valence-corrected chi connectivity index (χ4v) is 8.75. The summed E-state index contributed by atoms with van der Waals surface area (Å²) in [6.07, 6.45) is 5.75. The van der Waals surface area contributed by atoms with Gasteiger partial charge >= 0.3 is 0 Å². The molecule has 0 amide bonds. The molecule has 6 aromatic rings. The molecule has 0 aromatic heterocycles. The van der Waals surface area contributed by atoms with Crippen LogP contribution in [0.25, 0.3) is 39.5 Å². The molecule has 0 spiro atoms. The molecule has 1 unspecified atom stereocenters. The van der Waals surface area contributed by atoms with Gasteiger partial charge < -0.3 is 4.90 Å². The van der Waals surface area contributed by atoms with Crippen LogP contribution in [0.15, 0.2) is 140 Å². The quantitative estimate of drug-likeness (QED) is 0.193. The monoisotopic (exact) mass is 605 g/mol. The Morgan fingerprint density at radius 2 is 1.11 bits per heavy atom. The van der Waals surface area contributed by atoms with Crippen molar-refractivity contribution in [1.29, 1.82) is 0 Å². The standard InChI is InChI=1S/C46H39N/c1-45(2)41-17-11-9-15-38(41)44-39-28-34(24-20-32(39)21-27-42(44)45)47(33-22-18-31(19-23-33)30-12-6-5-7-13-30)35-25-26-37-36-14-8-10-16-40(36)46(3,4)43(37)29-35/h5-27,29,34H,28H2,1-4H3. The lowest BCUT2D eigenvalue weighted by molar-refractivity contribution is 0.658. The van der Waals surface area contributed by atoms with Gasteiger partial charge in [-0.15, -0.1) is 0 Å². The Morgan fingerprint density at radius 1 is 0.511 bits per heavy atom. The number of benzene rings is 6. The predicted octanol–water partition coefficient (Wildman–Crippen LogP) is 11.7. The Balaban J connectivity index is 1.19. The van der Waals surface area contributed by atoms with Crippen LogP contribution in [0.1, 0.15) is 61.1 Å². The highest BCUT2D eigenvalue weighted by Crippen LogP contribution is 2.53. The number of hydrogen-bond acceptors (Lipinski definition) is 1. The van der Waals surface area contributed by atoms with Crippen molar-refractivity contribution in [3.63, 3.8) is 0 Å². The van der Waals surface area contributed by atoms with Gasteiger partial charge in [-0.3, -0.25) is 0 Å². The Morgan fingerprint density at radius 3 is 1.87 bits per heavy atom. The Labute approximate surface area is 278 Å². The minimum atomic E-state index is -0.0596. The van der Waals surface area contributed by atoms with Crippen molar-refractivity contribution in [2.75, 3.05) is 4.90 Å². The first-order chi connectivity index (χ1) is 22.8. The van der Waals surface area contributed by atoms with Gasteiger partial charge in [-0.2, -0.15) is 0 Å². The van der Waals surface area contributed by atoms with E-state index >= 15 is 0 Å². The molecule has 0 heterocycles. The smallest absolute Gasteiger partial charge is 0.0566 e. The van der Waals surface area contributed by atoms with E-state index in [0.717, 1.165) is 6.42 Å². The third-order valence-corrected chi connectivity index (χ3v) is 11.2. The van der Waals surface area contributed by atoms with E-state index in [4.69, 9.17) is 0 Å². The zero-order valence-electron chi connectivity index (χ0n) is 27.6. The molecule has 0 bridgehead atoms. The summed E-state index contributed by atoms with van der Waals surface area (Å²) in [6, 6.07) is 49.9. The zero-order chi connectivity index (χ0) is 31.9. The van der Waals surface area contributed by atoms with Crippen molar-refractivity contribution in [2.24, 2.45) is 0 Å². The molecule has 0 fully saturated rings. The van der Waals surface area contributed by atoms with Gasteiger partial charge in [-0.25, -0.2) is 0 Å². The minimum absolute atomic E-state index is 0.00879. The minimum Gasteiger partial charge on any atom is -0.334 e. The average Bonchev–Trinajstić information content (AvgIpc) is 3.49. The van der Waals surface area contributed by atoms with E-state index in [1.807, 2.05) is 0 Å². The van der Waals surface area contributed by atoms with Crippen LogP contribution in [0.3, 0.4) is 0 Å². The molecular weight excluding hydrogens is 567 g/mol. The summed E-state index contributed by atoms with van der Waals surface area (Å²) < 4.78 is 0. The second-order valence-corrected chi connectivity index (χ2v) is 14.5. The van der Waals surface area contributed by atoms with Crippen molar-refractivity contribution in [3.8, 4) is 33.4 Å². The van der Waals surface area contributed by atoms with Crippen molar-refractivity contribution in [1.82, 2.24) is 0 Å². The molecular formula is C46H39N. The largest absolute Gasteiger partial charge is 0.334 e. The van der Waals surface area contributed by atoms with Gasteiger partial charge in [-0.05, 0) is 97.4 Å². The summed E-state index contributed by atoms with van der Waals surface area (Å²) in [5.41, 5.74) is 18.9. The third-order valence-electron chi connectivity index (χ3n) is 11.2. The first-order valence-electron chi connectivity index (χ1n) is 17.0. The van der Waals surface area contributed by atoms with E-state index in [-0.39, 0.29) is 16.9 Å². The maximum atomic E-state index is 2.58. The maximum absolute atomic E-state index is 2.58. The van der Waals surface area contributed by atoms with Gasteiger partial charge in [0.15, 0.2) is 0 Å². The molecule has 6 aromatic carbocycles. The molecule has 0 saturated heterocycles. The SMILES string of the molecule is CC1(C)c2ccccc2-c2ccc(N(c3ccc(-c4ccccc4)cc3)C3C=Cc4ccc5c(c4C3)-c3ccccc3C5(C)C)cc21. The van der Waals surface area contributed by atoms with E-state index in [0.29, 0.717) is 0 Å². The van der Waals surface area contributed by atoms with Crippen molar-refractivity contribution >= 4 is 17.5 Å². The van der Waals surface area contributed by atoms with Crippen LogP contribution >= 0.6 is 0 Å². The second kappa shape index (κ2) is 10.2. The molecule has 228 valence electrons. The topological polar surface area (TPSA) is 3.24 Å². The van der Waals surface area contributed by atoms with Crippen molar-refractivity contribution in [2.45, 2.75) is 51.0 Å². The maximum Gasteiger partial charge on any atom is 0.0566 e. The summed E-state index contributed by atoms with van der Waals surface area (Å²) in [5, 5.41) is 0. The van der Waals surface area contributed by atoms with Crippen LogP contribution in [0.5, 0.6) is 0 Å². The van der Waals surface area contributed by atoms with Crippen LogP contribution in [0, 0.1) is 0 Å². The first-order valence-corrected chi connectivity index (χ1v) is 17.0.